The first-order valence-corrected chi connectivity index (χ1v) is 12.6. The van der Waals surface area contributed by atoms with Crippen LogP contribution in [0.4, 0.5) is 5.00 Å². The quantitative estimate of drug-likeness (QED) is 0.240. The summed E-state index contributed by atoms with van der Waals surface area (Å²) in [6.45, 7) is 7.99. The highest BCUT2D eigenvalue weighted by molar-refractivity contribution is 7.19. The van der Waals surface area contributed by atoms with Gasteiger partial charge in [0.15, 0.2) is 0 Å². The Balaban J connectivity index is 1.66. The molecule has 0 amide bonds. The molecule has 5 rings (SSSR count). The summed E-state index contributed by atoms with van der Waals surface area (Å²) in [5.74, 6) is 0.974. The molecule has 0 aliphatic carbocycles. The third kappa shape index (κ3) is 4.96. The Morgan fingerprint density at radius 1 is 0.853 bits per heavy atom. The number of aromatic nitrogens is 1. The van der Waals surface area contributed by atoms with Crippen LogP contribution in [0.2, 0.25) is 0 Å². The third-order valence-corrected chi connectivity index (χ3v) is 6.91. The van der Waals surface area contributed by atoms with Crippen molar-refractivity contribution in [1.29, 1.82) is 0 Å². The van der Waals surface area contributed by atoms with Crippen molar-refractivity contribution in [2.75, 3.05) is 13.1 Å². The normalized spacial score (nSPS) is 18.8. The second kappa shape index (κ2) is 9.92. The smallest absolute Gasteiger partial charge is 0.146 e. The molecule has 0 N–H and O–H groups in total. The van der Waals surface area contributed by atoms with Crippen molar-refractivity contribution in [3.8, 4) is 21.8 Å². The number of benzene rings is 3. The number of amidine groups is 1. The Labute approximate surface area is 205 Å². The summed E-state index contributed by atoms with van der Waals surface area (Å²) >= 11 is 1.64. The standard InChI is InChI=1S/C29H29N3OS/c1-20-14-16-24(17-15-20)27(32-18-21(2)33-22(3)19-32)31-29-26(23-10-6-4-7-11-23)30-28(34-29)25-12-8-5-9-13-25/h4-17,21-22H,18-19H2,1-3H3/b31-27+. The number of nitrogens with zero attached hydrogens (tertiary/aromatic N) is 3. The lowest BCUT2D eigenvalue weighted by Crippen LogP contribution is -2.48. The van der Waals surface area contributed by atoms with E-state index < -0.39 is 0 Å². The molecule has 5 heteroatoms. The number of rotatable bonds is 4. The summed E-state index contributed by atoms with van der Waals surface area (Å²) in [5, 5.41) is 1.90. The van der Waals surface area contributed by atoms with Gasteiger partial charge in [-0.3, -0.25) is 0 Å². The van der Waals surface area contributed by atoms with E-state index in [4.69, 9.17) is 14.7 Å². The number of ether oxygens (including phenoxy) is 1. The molecule has 0 spiro atoms. The topological polar surface area (TPSA) is 37.7 Å². The van der Waals surface area contributed by atoms with Crippen molar-refractivity contribution >= 4 is 22.2 Å². The molecule has 2 heterocycles. The van der Waals surface area contributed by atoms with Gasteiger partial charge in [0.25, 0.3) is 0 Å². The molecule has 0 bridgehead atoms. The first kappa shape index (κ1) is 22.5. The summed E-state index contributed by atoms with van der Waals surface area (Å²) < 4.78 is 6.02. The van der Waals surface area contributed by atoms with Gasteiger partial charge >= 0.3 is 0 Å². The Morgan fingerprint density at radius 3 is 2.06 bits per heavy atom. The minimum absolute atomic E-state index is 0.148. The summed E-state index contributed by atoms with van der Waals surface area (Å²) in [5.41, 5.74) is 5.45. The SMILES string of the molecule is Cc1ccc(/C(=N\c2sc(-c3ccccc3)nc2-c2ccccc2)N2CC(C)OC(C)C2)cc1. The van der Waals surface area contributed by atoms with E-state index in [1.807, 2.05) is 12.1 Å². The van der Waals surface area contributed by atoms with E-state index in [0.717, 1.165) is 51.3 Å². The van der Waals surface area contributed by atoms with Crippen LogP contribution in [0.3, 0.4) is 0 Å². The van der Waals surface area contributed by atoms with Crippen molar-refractivity contribution in [3.05, 3.63) is 96.1 Å². The second-order valence-electron chi connectivity index (χ2n) is 8.87. The maximum atomic E-state index is 6.02. The maximum Gasteiger partial charge on any atom is 0.146 e. The molecule has 4 aromatic rings. The molecule has 2 atom stereocenters. The van der Waals surface area contributed by atoms with Crippen LogP contribution in [0.5, 0.6) is 0 Å². The Bertz CT molecular complexity index is 1260. The van der Waals surface area contributed by atoms with Crippen molar-refractivity contribution in [2.45, 2.75) is 33.0 Å². The molecule has 1 aliphatic rings. The number of hydrogen-bond acceptors (Lipinski definition) is 4. The molecular weight excluding hydrogens is 438 g/mol. The maximum absolute atomic E-state index is 6.02. The van der Waals surface area contributed by atoms with Gasteiger partial charge in [0.05, 0.1) is 12.2 Å². The monoisotopic (exact) mass is 467 g/mol. The van der Waals surface area contributed by atoms with Gasteiger partial charge < -0.3 is 9.64 Å². The number of aliphatic imine (C=N–C) groups is 1. The highest BCUT2D eigenvalue weighted by atomic mass is 32.1. The molecule has 0 saturated carbocycles. The third-order valence-electron chi connectivity index (χ3n) is 5.91. The van der Waals surface area contributed by atoms with Gasteiger partial charge in [-0.2, -0.15) is 0 Å². The van der Waals surface area contributed by atoms with Crippen LogP contribution in [0.1, 0.15) is 25.0 Å². The van der Waals surface area contributed by atoms with E-state index in [9.17, 15) is 0 Å². The van der Waals surface area contributed by atoms with Crippen molar-refractivity contribution < 1.29 is 4.74 Å². The second-order valence-corrected chi connectivity index (χ2v) is 9.85. The zero-order valence-electron chi connectivity index (χ0n) is 19.8. The fraction of sp³-hybridized carbons (Fsp3) is 0.241. The lowest BCUT2D eigenvalue weighted by Gasteiger charge is -2.37. The highest BCUT2D eigenvalue weighted by Crippen LogP contribution is 2.40. The Morgan fingerprint density at radius 2 is 1.44 bits per heavy atom. The van der Waals surface area contributed by atoms with Crippen LogP contribution in [-0.2, 0) is 4.74 Å². The molecule has 2 unspecified atom stereocenters. The summed E-state index contributed by atoms with van der Waals surface area (Å²) in [4.78, 5) is 12.7. The van der Waals surface area contributed by atoms with Gasteiger partial charge in [-0.05, 0) is 20.8 Å². The van der Waals surface area contributed by atoms with Crippen LogP contribution in [-0.4, -0.2) is 41.0 Å². The lowest BCUT2D eigenvalue weighted by molar-refractivity contribution is -0.0478. The zero-order valence-corrected chi connectivity index (χ0v) is 20.6. The van der Waals surface area contributed by atoms with E-state index in [1.165, 1.54) is 5.56 Å². The molecule has 4 nitrogen and oxygen atoms in total. The van der Waals surface area contributed by atoms with Gasteiger partial charge in [-0.25, -0.2) is 9.98 Å². The average Bonchev–Trinajstić information content (AvgIpc) is 3.28. The van der Waals surface area contributed by atoms with Crippen LogP contribution >= 0.6 is 11.3 Å². The Kier molecular flexibility index (Phi) is 6.57. The molecule has 172 valence electrons. The molecule has 1 aromatic heterocycles. The number of hydrogen-bond donors (Lipinski definition) is 0. The van der Waals surface area contributed by atoms with E-state index in [2.05, 4.69) is 98.5 Å². The van der Waals surface area contributed by atoms with Crippen LogP contribution in [0.25, 0.3) is 21.8 Å². The van der Waals surface area contributed by atoms with Gasteiger partial charge in [-0.1, -0.05) is 102 Å². The van der Waals surface area contributed by atoms with Crippen LogP contribution < -0.4 is 0 Å². The van der Waals surface area contributed by atoms with E-state index in [0.29, 0.717) is 0 Å². The molecular formula is C29H29N3OS. The predicted octanol–water partition coefficient (Wildman–Crippen LogP) is 6.97. The average molecular weight is 468 g/mol. The summed E-state index contributed by atoms with van der Waals surface area (Å²) in [7, 11) is 0. The lowest BCUT2D eigenvalue weighted by atomic mass is 10.1. The molecule has 1 aliphatic heterocycles. The molecule has 0 radical (unpaired) electrons. The van der Waals surface area contributed by atoms with Crippen molar-refractivity contribution in [2.24, 2.45) is 4.99 Å². The number of morpholine rings is 1. The van der Waals surface area contributed by atoms with Crippen molar-refractivity contribution in [3.63, 3.8) is 0 Å². The van der Waals surface area contributed by atoms with E-state index in [-0.39, 0.29) is 12.2 Å². The van der Waals surface area contributed by atoms with Gasteiger partial charge in [0.2, 0.25) is 0 Å². The van der Waals surface area contributed by atoms with E-state index in [1.54, 1.807) is 11.3 Å². The predicted molar refractivity (Wildman–Crippen MR) is 142 cm³/mol. The molecule has 1 fully saturated rings. The molecule has 3 aromatic carbocycles. The zero-order chi connectivity index (χ0) is 23.5. The van der Waals surface area contributed by atoms with Gasteiger partial charge in [-0.15, -0.1) is 0 Å². The minimum atomic E-state index is 0.148. The Hall–Kier alpha value is -3.28. The fourth-order valence-electron chi connectivity index (χ4n) is 4.34. The highest BCUT2D eigenvalue weighted by Gasteiger charge is 2.26. The number of thiazole rings is 1. The minimum Gasteiger partial charge on any atom is -0.372 e. The first-order chi connectivity index (χ1) is 16.6. The fourth-order valence-corrected chi connectivity index (χ4v) is 5.31. The first-order valence-electron chi connectivity index (χ1n) is 11.7. The number of aryl methyl sites for hydroxylation is 1. The van der Waals surface area contributed by atoms with Crippen LogP contribution in [0, 0.1) is 6.92 Å². The summed E-state index contributed by atoms with van der Waals surface area (Å²) in [6.07, 6.45) is 0.295. The van der Waals surface area contributed by atoms with Crippen LogP contribution in [0.15, 0.2) is 89.9 Å². The van der Waals surface area contributed by atoms with Gasteiger partial charge in [0.1, 0.15) is 21.5 Å². The van der Waals surface area contributed by atoms with Gasteiger partial charge in [0, 0.05) is 29.8 Å². The van der Waals surface area contributed by atoms with E-state index >= 15 is 0 Å². The molecule has 34 heavy (non-hydrogen) atoms. The largest absolute Gasteiger partial charge is 0.372 e. The summed E-state index contributed by atoms with van der Waals surface area (Å²) in [6, 6.07) is 29.3. The molecule has 1 saturated heterocycles. The van der Waals surface area contributed by atoms with Crippen molar-refractivity contribution in [1.82, 2.24) is 9.88 Å².